The van der Waals surface area contributed by atoms with Crippen molar-refractivity contribution in [3.63, 3.8) is 0 Å². The van der Waals surface area contributed by atoms with Gasteiger partial charge in [0.15, 0.2) is 5.96 Å². The SMILES string of the molecule is CN=C(NCCNC(=O)c1cccc(OC)c1)NCC(C)c1ccc(C)cc1.I. The van der Waals surface area contributed by atoms with Crippen molar-refractivity contribution >= 4 is 35.8 Å². The van der Waals surface area contributed by atoms with Gasteiger partial charge in [-0.15, -0.1) is 24.0 Å². The van der Waals surface area contributed by atoms with Crippen LogP contribution in [0, 0.1) is 6.92 Å². The third-order valence-corrected chi connectivity index (χ3v) is 4.48. The molecule has 0 saturated heterocycles. The maximum atomic E-state index is 12.2. The molecule has 0 heterocycles. The zero-order chi connectivity index (χ0) is 20.4. The molecule has 0 radical (unpaired) electrons. The number of aliphatic imine (C=N–C) groups is 1. The van der Waals surface area contributed by atoms with Crippen molar-refractivity contribution < 1.29 is 9.53 Å². The van der Waals surface area contributed by atoms with Gasteiger partial charge in [-0.2, -0.15) is 0 Å². The molecule has 0 aromatic heterocycles. The minimum atomic E-state index is -0.128. The molecular weight excluding hydrogens is 479 g/mol. The Labute approximate surface area is 190 Å². The van der Waals surface area contributed by atoms with Crippen LogP contribution in [0.2, 0.25) is 0 Å². The first-order chi connectivity index (χ1) is 13.5. The van der Waals surface area contributed by atoms with E-state index in [-0.39, 0.29) is 29.9 Å². The van der Waals surface area contributed by atoms with Crippen LogP contribution < -0.4 is 20.7 Å². The molecule has 0 aliphatic rings. The van der Waals surface area contributed by atoms with Crippen LogP contribution in [0.4, 0.5) is 0 Å². The molecular formula is C22H31IN4O2. The van der Waals surface area contributed by atoms with E-state index in [1.54, 1.807) is 32.4 Å². The predicted octanol–water partition coefficient (Wildman–Crippen LogP) is 3.32. The highest BCUT2D eigenvalue weighted by molar-refractivity contribution is 14.0. The lowest BCUT2D eigenvalue weighted by Crippen LogP contribution is -2.42. The van der Waals surface area contributed by atoms with Gasteiger partial charge < -0.3 is 20.7 Å². The highest BCUT2D eigenvalue weighted by atomic mass is 127. The second-order valence-electron chi connectivity index (χ2n) is 6.68. The van der Waals surface area contributed by atoms with Gasteiger partial charge in [0.2, 0.25) is 0 Å². The van der Waals surface area contributed by atoms with Gasteiger partial charge >= 0.3 is 0 Å². The van der Waals surface area contributed by atoms with E-state index >= 15 is 0 Å². The fourth-order valence-electron chi connectivity index (χ4n) is 2.71. The van der Waals surface area contributed by atoms with E-state index in [2.05, 4.69) is 59.1 Å². The van der Waals surface area contributed by atoms with Crippen molar-refractivity contribution in [2.24, 2.45) is 4.99 Å². The fourth-order valence-corrected chi connectivity index (χ4v) is 2.71. The lowest BCUT2D eigenvalue weighted by atomic mass is 10.0. The molecule has 0 aliphatic heterocycles. The maximum Gasteiger partial charge on any atom is 0.251 e. The number of hydrogen-bond donors (Lipinski definition) is 3. The number of benzene rings is 2. The third kappa shape index (κ3) is 8.31. The van der Waals surface area contributed by atoms with E-state index in [0.717, 1.165) is 12.5 Å². The minimum Gasteiger partial charge on any atom is -0.497 e. The van der Waals surface area contributed by atoms with Gasteiger partial charge in [0, 0.05) is 32.2 Å². The zero-order valence-electron chi connectivity index (χ0n) is 17.5. The van der Waals surface area contributed by atoms with Crippen molar-refractivity contribution in [3.8, 4) is 5.75 Å². The Bertz CT molecular complexity index is 794. The molecule has 2 rings (SSSR count). The standard InChI is InChI=1S/C22H30N4O2.HI/c1-16-8-10-18(11-9-16)17(2)15-26-22(23-3)25-13-12-24-21(27)19-6-5-7-20(14-19)28-4;/h5-11,14,17H,12-13,15H2,1-4H3,(H,24,27)(H2,23,25,26);1H. The number of rotatable bonds is 8. The van der Waals surface area contributed by atoms with Crippen molar-refractivity contribution in [3.05, 3.63) is 65.2 Å². The van der Waals surface area contributed by atoms with Gasteiger partial charge in [-0.25, -0.2) is 0 Å². The summed E-state index contributed by atoms with van der Waals surface area (Å²) < 4.78 is 5.14. The largest absolute Gasteiger partial charge is 0.497 e. The first kappa shape index (κ1) is 24.7. The number of carbonyl (C=O) groups excluding carboxylic acids is 1. The Morgan fingerprint density at radius 2 is 1.76 bits per heavy atom. The van der Waals surface area contributed by atoms with E-state index in [0.29, 0.717) is 30.3 Å². The van der Waals surface area contributed by atoms with E-state index < -0.39 is 0 Å². The molecule has 3 N–H and O–H groups in total. The summed E-state index contributed by atoms with van der Waals surface area (Å²) in [5.41, 5.74) is 3.13. The molecule has 29 heavy (non-hydrogen) atoms. The molecule has 7 heteroatoms. The Hall–Kier alpha value is -2.29. The summed E-state index contributed by atoms with van der Waals surface area (Å²) in [7, 11) is 3.32. The number of ether oxygens (including phenoxy) is 1. The summed E-state index contributed by atoms with van der Waals surface area (Å²) in [5, 5.41) is 9.43. The van der Waals surface area contributed by atoms with Crippen LogP contribution in [0.5, 0.6) is 5.75 Å². The van der Waals surface area contributed by atoms with E-state index in [4.69, 9.17) is 4.74 Å². The number of halogens is 1. The molecule has 158 valence electrons. The summed E-state index contributed by atoms with van der Waals surface area (Å²) in [5.74, 6) is 1.62. The average Bonchev–Trinajstić information content (AvgIpc) is 2.73. The van der Waals surface area contributed by atoms with Gasteiger partial charge in [-0.3, -0.25) is 9.79 Å². The van der Waals surface area contributed by atoms with Crippen LogP contribution in [0.15, 0.2) is 53.5 Å². The fraction of sp³-hybridized carbons (Fsp3) is 0.364. The Kier molecular flexibility index (Phi) is 11.1. The van der Waals surface area contributed by atoms with Gasteiger partial charge in [0.1, 0.15) is 5.75 Å². The number of carbonyl (C=O) groups is 1. The maximum absolute atomic E-state index is 12.2. The van der Waals surface area contributed by atoms with Gasteiger partial charge in [-0.1, -0.05) is 42.8 Å². The van der Waals surface area contributed by atoms with Crippen molar-refractivity contribution in [1.82, 2.24) is 16.0 Å². The molecule has 6 nitrogen and oxygen atoms in total. The molecule has 2 aromatic rings. The zero-order valence-corrected chi connectivity index (χ0v) is 19.8. The number of guanidine groups is 1. The molecule has 2 aromatic carbocycles. The summed E-state index contributed by atoms with van der Waals surface area (Å²) in [4.78, 5) is 16.4. The summed E-state index contributed by atoms with van der Waals surface area (Å²) in [6.45, 7) is 6.11. The third-order valence-electron chi connectivity index (χ3n) is 4.48. The van der Waals surface area contributed by atoms with E-state index in [1.807, 2.05) is 6.07 Å². The summed E-state index contributed by atoms with van der Waals surface area (Å²) >= 11 is 0. The molecule has 0 bridgehead atoms. The molecule has 0 spiro atoms. The lowest BCUT2D eigenvalue weighted by Gasteiger charge is -2.17. The number of nitrogens with zero attached hydrogens (tertiary/aromatic N) is 1. The number of hydrogen-bond acceptors (Lipinski definition) is 3. The van der Waals surface area contributed by atoms with Crippen LogP contribution >= 0.6 is 24.0 Å². The van der Waals surface area contributed by atoms with Crippen LogP contribution in [0.3, 0.4) is 0 Å². The second kappa shape index (κ2) is 13.0. The number of amides is 1. The van der Waals surface area contributed by atoms with Crippen LogP contribution in [0.1, 0.15) is 34.3 Å². The predicted molar refractivity (Wildman–Crippen MR) is 130 cm³/mol. The highest BCUT2D eigenvalue weighted by Crippen LogP contribution is 2.14. The normalized spacial score (nSPS) is 11.8. The molecule has 1 unspecified atom stereocenters. The van der Waals surface area contributed by atoms with Gasteiger partial charge in [0.05, 0.1) is 7.11 Å². The first-order valence-electron chi connectivity index (χ1n) is 9.46. The van der Waals surface area contributed by atoms with Gasteiger partial charge in [0.25, 0.3) is 5.91 Å². The van der Waals surface area contributed by atoms with Crippen molar-refractivity contribution in [2.75, 3.05) is 33.8 Å². The lowest BCUT2D eigenvalue weighted by molar-refractivity contribution is 0.0954. The van der Waals surface area contributed by atoms with Crippen LogP contribution in [0.25, 0.3) is 0 Å². The number of aryl methyl sites for hydroxylation is 1. The average molecular weight is 510 g/mol. The second-order valence-corrected chi connectivity index (χ2v) is 6.68. The molecule has 0 saturated carbocycles. The smallest absolute Gasteiger partial charge is 0.251 e. The summed E-state index contributed by atoms with van der Waals surface area (Å²) in [6.07, 6.45) is 0. The molecule has 1 amide bonds. The van der Waals surface area contributed by atoms with Gasteiger partial charge in [-0.05, 0) is 36.6 Å². The topological polar surface area (TPSA) is 74.8 Å². The van der Waals surface area contributed by atoms with E-state index in [1.165, 1.54) is 11.1 Å². The highest BCUT2D eigenvalue weighted by Gasteiger charge is 2.08. The van der Waals surface area contributed by atoms with Crippen molar-refractivity contribution in [2.45, 2.75) is 19.8 Å². The number of methoxy groups -OCH3 is 1. The molecule has 0 fully saturated rings. The Morgan fingerprint density at radius 1 is 1.07 bits per heavy atom. The Morgan fingerprint density at radius 3 is 2.41 bits per heavy atom. The molecule has 1 atom stereocenters. The molecule has 0 aliphatic carbocycles. The van der Waals surface area contributed by atoms with Crippen molar-refractivity contribution in [1.29, 1.82) is 0 Å². The van der Waals surface area contributed by atoms with Crippen LogP contribution in [-0.4, -0.2) is 45.7 Å². The van der Waals surface area contributed by atoms with Crippen LogP contribution in [-0.2, 0) is 0 Å². The summed E-state index contributed by atoms with van der Waals surface area (Å²) in [6, 6.07) is 15.7. The Balaban J connectivity index is 0.00000420. The minimum absolute atomic E-state index is 0. The monoisotopic (exact) mass is 510 g/mol. The quantitative estimate of drug-likeness (QED) is 0.221. The number of nitrogens with one attached hydrogen (secondary N) is 3. The van der Waals surface area contributed by atoms with E-state index in [9.17, 15) is 4.79 Å². The first-order valence-corrected chi connectivity index (χ1v) is 9.46.